The second-order valence-corrected chi connectivity index (χ2v) is 3.83. The number of hydrogen-bond donors (Lipinski definition) is 1. The number of aromatic amines is 1. The lowest BCUT2D eigenvalue weighted by Gasteiger charge is -2.05. The van der Waals surface area contributed by atoms with Crippen LogP contribution in [0.3, 0.4) is 0 Å². The number of hydrogen-bond acceptors (Lipinski definition) is 2. The van der Waals surface area contributed by atoms with Crippen LogP contribution in [0.2, 0.25) is 5.02 Å². The Morgan fingerprint density at radius 2 is 2.06 bits per heavy atom. The Hall–Kier alpha value is -1.88. The van der Waals surface area contributed by atoms with Crippen LogP contribution in [0.5, 0.6) is 0 Å². The first-order valence-electron chi connectivity index (χ1n) is 4.81. The summed E-state index contributed by atoms with van der Waals surface area (Å²) >= 11 is 5.61. The Labute approximate surface area is 100 Å². The van der Waals surface area contributed by atoms with Gasteiger partial charge in [0.2, 0.25) is 0 Å². The lowest BCUT2D eigenvalue weighted by Crippen LogP contribution is -2.34. The van der Waals surface area contributed by atoms with Crippen molar-refractivity contribution in [2.75, 3.05) is 0 Å². The largest absolute Gasteiger partial charge is 0.328 e. The van der Waals surface area contributed by atoms with E-state index in [0.717, 1.165) is 4.57 Å². The van der Waals surface area contributed by atoms with Gasteiger partial charge in [-0.05, 0) is 6.07 Å². The molecule has 0 saturated carbocycles. The smallest absolute Gasteiger partial charge is 0.314 e. The number of H-pyrrole nitrogens is 1. The van der Waals surface area contributed by atoms with E-state index in [4.69, 9.17) is 11.6 Å². The second kappa shape index (κ2) is 4.55. The maximum Gasteiger partial charge on any atom is 0.328 e. The third kappa shape index (κ3) is 2.29. The molecule has 0 radical (unpaired) electrons. The Morgan fingerprint density at radius 3 is 2.76 bits per heavy atom. The summed E-state index contributed by atoms with van der Waals surface area (Å²) in [7, 11) is 0. The SMILES string of the molecule is O=c1cc[nH]c(=O)n1Cc1cccc(Cl)c1F. The fourth-order valence-electron chi connectivity index (χ4n) is 1.44. The summed E-state index contributed by atoms with van der Waals surface area (Å²) in [6.45, 7) is -0.151. The molecular weight excluding hydrogens is 247 g/mol. The molecule has 2 aromatic rings. The molecule has 0 spiro atoms. The van der Waals surface area contributed by atoms with Crippen molar-refractivity contribution < 1.29 is 4.39 Å². The summed E-state index contributed by atoms with van der Waals surface area (Å²) in [4.78, 5) is 25.2. The van der Waals surface area contributed by atoms with Crippen LogP contribution in [0.1, 0.15) is 5.56 Å². The van der Waals surface area contributed by atoms with E-state index < -0.39 is 17.1 Å². The number of nitrogens with zero attached hydrogens (tertiary/aromatic N) is 1. The van der Waals surface area contributed by atoms with E-state index in [1.807, 2.05) is 0 Å². The van der Waals surface area contributed by atoms with Crippen molar-refractivity contribution in [1.82, 2.24) is 9.55 Å². The molecular formula is C11H8ClFN2O2. The van der Waals surface area contributed by atoms with Crippen LogP contribution in [0.25, 0.3) is 0 Å². The van der Waals surface area contributed by atoms with Crippen LogP contribution in [0, 0.1) is 5.82 Å². The minimum atomic E-state index is -0.621. The minimum Gasteiger partial charge on any atom is -0.314 e. The molecule has 4 nitrogen and oxygen atoms in total. The molecule has 1 heterocycles. The predicted molar refractivity (Wildman–Crippen MR) is 61.8 cm³/mol. The van der Waals surface area contributed by atoms with E-state index in [9.17, 15) is 14.0 Å². The van der Waals surface area contributed by atoms with Crippen LogP contribution >= 0.6 is 11.6 Å². The Balaban J connectivity index is 2.49. The van der Waals surface area contributed by atoms with Crippen molar-refractivity contribution in [3.05, 3.63) is 67.7 Å². The molecule has 0 unspecified atom stereocenters. The molecule has 1 aromatic heterocycles. The van der Waals surface area contributed by atoms with Gasteiger partial charge in [-0.2, -0.15) is 0 Å². The normalized spacial score (nSPS) is 10.5. The van der Waals surface area contributed by atoms with E-state index in [-0.39, 0.29) is 17.1 Å². The third-order valence-electron chi connectivity index (χ3n) is 2.30. The zero-order valence-corrected chi connectivity index (χ0v) is 9.37. The van der Waals surface area contributed by atoms with Crippen LogP contribution in [0.4, 0.5) is 4.39 Å². The van der Waals surface area contributed by atoms with Crippen LogP contribution in [0.15, 0.2) is 40.1 Å². The molecule has 17 heavy (non-hydrogen) atoms. The van der Waals surface area contributed by atoms with Gasteiger partial charge in [0.15, 0.2) is 0 Å². The van der Waals surface area contributed by atoms with Gasteiger partial charge in [-0.1, -0.05) is 23.7 Å². The Morgan fingerprint density at radius 1 is 1.29 bits per heavy atom. The zero-order valence-electron chi connectivity index (χ0n) is 8.61. The van der Waals surface area contributed by atoms with Gasteiger partial charge in [-0.3, -0.25) is 9.36 Å². The maximum absolute atomic E-state index is 13.6. The first kappa shape index (κ1) is 11.6. The van der Waals surface area contributed by atoms with Gasteiger partial charge < -0.3 is 4.98 Å². The first-order chi connectivity index (χ1) is 8.09. The molecule has 0 atom stereocenters. The molecule has 6 heteroatoms. The van der Waals surface area contributed by atoms with Gasteiger partial charge in [0, 0.05) is 17.8 Å². The highest BCUT2D eigenvalue weighted by molar-refractivity contribution is 6.30. The summed E-state index contributed by atoms with van der Waals surface area (Å²) in [6, 6.07) is 5.63. The van der Waals surface area contributed by atoms with Crippen molar-refractivity contribution in [3.63, 3.8) is 0 Å². The predicted octanol–water partition coefficient (Wildman–Crippen LogP) is 1.38. The lowest BCUT2D eigenvalue weighted by molar-refractivity contribution is 0.589. The van der Waals surface area contributed by atoms with Gasteiger partial charge in [-0.25, -0.2) is 9.18 Å². The third-order valence-corrected chi connectivity index (χ3v) is 2.60. The number of rotatable bonds is 2. The molecule has 88 valence electrons. The molecule has 0 aliphatic carbocycles. The first-order valence-corrected chi connectivity index (χ1v) is 5.19. The summed E-state index contributed by atoms with van der Waals surface area (Å²) in [5.74, 6) is -0.621. The quantitative estimate of drug-likeness (QED) is 0.880. The molecule has 0 amide bonds. The molecule has 0 aliphatic rings. The monoisotopic (exact) mass is 254 g/mol. The molecule has 0 bridgehead atoms. The van der Waals surface area contributed by atoms with Crippen LogP contribution in [-0.4, -0.2) is 9.55 Å². The molecule has 2 rings (SSSR count). The average molecular weight is 255 g/mol. The van der Waals surface area contributed by atoms with E-state index in [1.54, 1.807) is 6.07 Å². The van der Waals surface area contributed by atoms with Gasteiger partial charge in [0.1, 0.15) is 5.82 Å². The van der Waals surface area contributed by atoms with Crippen LogP contribution in [-0.2, 0) is 6.54 Å². The van der Waals surface area contributed by atoms with Gasteiger partial charge >= 0.3 is 5.69 Å². The molecule has 0 aliphatic heterocycles. The molecule has 0 fully saturated rings. The summed E-state index contributed by atoms with van der Waals surface area (Å²) in [6.07, 6.45) is 1.25. The van der Waals surface area contributed by atoms with Crippen molar-refractivity contribution in [2.45, 2.75) is 6.54 Å². The van der Waals surface area contributed by atoms with Crippen molar-refractivity contribution >= 4 is 11.6 Å². The fourth-order valence-corrected chi connectivity index (χ4v) is 1.64. The molecule has 1 aromatic carbocycles. The lowest BCUT2D eigenvalue weighted by atomic mass is 10.2. The van der Waals surface area contributed by atoms with Crippen molar-refractivity contribution in [2.24, 2.45) is 0 Å². The highest BCUT2D eigenvalue weighted by Gasteiger charge is 2.08. The zero-order chi connectivity index (χ0) is 12.4. The van der Waals surface area contributed by atoms with Crippen molar-refractivity contribution in [1.29, 1.82) is 0 Å². The standard InChI is InChI=1S/C11H8ClFN2O2/c12-8-3-1-2-7(10(8)13)6-15-9(16)4-5-14-11(15)17/h1-5H,6H2,(H,14,17). The number of nitrogens with one attached hydrogen (secondary N) is 1. The highest BCUT2D eigenvalue weighted by atomic mass is 35.5. The minimum absolute atomic E-state index is 0.0390. The van der Waals surface area contributed by atoms with E-state index in [1.165, 1.54) is 24.4 Å². The topological polar surface area (TPSA) is 54.9 Å². The molecule has 0 saturated heterocycles. The number of benzene rings is 1. The Bertz CT molecular complexity index is 635. The van der Waals surface area contributed by atoms with Crippen LogP contribution < -0.4 is 11.2 Å². The van der Waals surface area contributed by atoms with E-state index in [0.29, 0.717) is 0 Å². The highest BCUT2D eigenvalue weighted by Crippen LogP contribution is 2.17. The fraction of sp³-hybridized carbons (Fsp3) is 0.0909. The van der Waals surface area contributed by atoms with Gasteiger partial charge in [-0.15, -0.1) is 0 Å². The maximum atomic E-state index is 13.6. The number of aromatic nitrogens is 2. The van der Waals surface area contributed by atoms with Gasteiger partial charge in [0.05, 0.1) is 11.6 Å². The van der Waals surface area contributed by atoms with E-state index >= 15 is 0 Å². The summed E-state index contributed by atoms with van der Waals surface area (Å²) in [5.41, 5.74) is -0.888. The second-order valence-electron chi connectivity index (χ2n) is 3.42. The molecule has 1 N–H and O–H groups in total. The van der Waals surface area contributed by atoms with Crippen molar-refractivity contribution in [3.8, 4) is 0 Å². The van der Waals surface area contributed by atoms with Gasteiger partial charge in [0.25, 0.3) is 5.56 Å². The Kier molecular flexibility index (Phi) is 3.10. The van der Waals surface area contributed by atoms with E-state index in [2.05, 4.69) is 4.98 Å². The average Bonchev–Trinajstić information content (AvgIpc) is 2.29. The summed E-state index contributed by atoms with van der Waals surface area (Å²) in [5, 5.41) is -0.0390. The summed E-state index contributed by atoms with van der Waals surface area (Å²) < 4.78 is 14.5. The number of halogens is 2.